The summed E-state index contributed by atoms with van der Waals surface area (Å²) < 4.78 is 19.4. The molecule has 0 radical (unpaired) electrons. The van der Waals surface area contributed by atoms with Gasteiger partial charge in [-0.2, -0.15) is 0 Å². The van der Waals surface area contributed by atoms with Crippen LogP contribution in [0.2, 0.25) is 0 Å². The van der Waals surface area contributed by atoms with Gasteiger partial charge in [-0.05, 0) is 30.7 Å². The van der Waals surface area contributed by atoms with Crippen molar-refractivity contribution < 1.29 is 18.7 Å². The summed E-state index contributed by atoms with van der Waals surface area (Å²) in [7, 11) is 0. The predicted octanol–water partition coefficient (Wildman–Crippen LogP) is 2.54. The maximum atomic E-state index is 13.5. The molecule has 0 aromatic heterocycles. The Kier molecular flexibility index (Phi) is 5.51. The highest BCUT2D eigenvalue weighted by molar-refractivity contribution is 5.94. The lowest BCUT2D eigenvalue weighted by Gasteiger charge is -2.39. The van der Waals surface area contributed by atoms with E-state index >= 15 is 0 Å². The number of carbonyl (C=O) groups excluding carboxylic acids is 2. The van der Waals surface area contributed by atoms with Crippen LogP contribution in [0.1, 0.15) is 22.3 Å². The lowest BCUT2D eigenvalue weighted by molar-refractivity contribution is -0.139. The molecule has 136 valence electrons. The fourth-order valence-corrected chi connectivity index (χ4v) is 2.77. The van der Waals surface area contributed by atoms with E-state index in [1.807, 2.05) is 31.2 Å². The van der Waals surface area contributed by atoms with E-state index < -0.39 is 11.7 Å². The number of hydrogen-bond donors (Lipinski definition) is 1. The Hall–Kier alpha value is -2.89. The minimum Gasteiger partial charge on any atom is -0.486 e. The van der Waals surface area contributed by atoms with Crippen LogP contribution in [0.3, 0.4) is 0 Å². The Balaban J connectivity index is 1.38. The van der Waals surface area contributed by atoms with E-state index in [2.05, 4.69) is 5.32 Å². The molecule has 1 aliphatic rings. The van der Waals surface area contributed by atoms with Crippen molar-refractivity contribution in [3.05, 3.63) is 65.5 Å². The van der Waals surface area contributed by atoms with Crippen LogP contribution in [-0.2, 0) is 4.79 Å². The van der Waals surface area contributed by atoms with Gasteiger partial charge in [0, 0.05) is 13.0 Å². The van der Waals surface area contributed by atoms with Gasteiger partial charge in [-0.1, -0.05) is 30.3 Å². The molecule has 26 heavy (non-hydrogen) atoms. The highest BCUT2D eigenvalue weighted by Gasteiger charge is 2.32. The van der Waals surface area contributed by atoms with Gasteiger partial charge in [-0.3, -0.25) is 9.59 Å². The third-order valence-electron chi connectivity index (χ3n) is 4.33. The van der Waals surface area contributed by atoms with Gasteiger partial charge in [-0.15, -0.1) is 0 Å². The molecule has 0 unspecified atom stereocenters. The summed E-state index contributed by atoms with van der Waals surface area (Å²) in [6, 6.07) is 13.5. The second-order valence-electron chi connectivity index (χ2n) is 6.29. The van der Waals surface area contributed by atoms with Crippen molar-refractivity contribution >= 4 is 11.8 Å². The molecule has 6 heteroatoms. The minimum absolute atomic E-state index is 0.00643. The molecule has 1 aliphatic heterocycles. The fourth-order valence-electron chi connectivity index (χ4n) is 2.77. The number of halogens is 1. The standard InChI is InChI=1S/C20H21FN2O3/c1-14-6-2-5-9-18(14)26-15-12-23(13-15)19(24)10-11-22-20(25)16-7-3-4-8-17(16)21/h2-9,15H,10-13H2,1H3,(H,22,25). The molecule has 5 nitrogen and oxygen atoms in total. The van der Waals surface area contributed by atoms with Gasteiger partial charge in [0.2, 0.25) is 5.91 Å². The monoisotopic (exact) mass is 356 g/mol. The van der Waals surface area contributed by atoms with Crippen molar-refractivity contribution in [3.63, 3.8) is 0 Å². The average molecular weight is 356 g/mol. The van der Waals surface area contributed by atoms with Crippen LogP contribution in [0.15, 0.2) is 48.5 Å². The van der Waals surface area contributed by atoms with E-state index in [1.165, 1.54) is 18.2 Å². The summed E-state index contributed by atoms with van der Waals surface area (Å²) in [5, 5.41) is 2.57. The number of benzene rings is 2. The van der Waals surface area contributed by atoms with Crippen LogP contribution in [-0.4, -0.2) is 42.5 Å². The zero-order valence-corrected chi connectivity index (χ0v) is 14.6. The van der Waals surface area contributed by atoms with Gasteiger partial charge in [0.1, 0.15) is 17.7 Å². The molecule has 0 aliphatic carbocycles. The molecule has 1 N–H and O–H groups in total. The van der Waals surface area contributed by atoms with Crippen molar-refractivity contribution in [2.24, 2.45) is 0 Å². The van der Waals surface area contributed by atoms with Crippen LogP contribution >= 0.6 is 0 Å². The Morgan fingerprint density at radius 3 is 2.58 bits per heavy atom. The lowest BCUT2D eigenvalue weighted by atomic mass is 10.1. The molecule has 1 saturated heterocycles. The molecule has 1 fully saturated rings. The smallest absolute Gasteiger partial charge is 0.254 e. The summed E-state index contributed by atoms with van der Waals surface area (Å²) in [6.07, 6.45) is 0.171. The van der Waals surface area contributed by atoms with E-state index in [0.29, 0.717) is 13.1 Å². The van der Waals surface area contributed by atoms with E-state index in [0.717, 1.165) is 11.3 Å². The number of carbonyl (C=O) groups is 2. The highest BCUT2D eigenvalue weighted by Crippen LogP contribution is 2.22. The first-order chi connectivity index (χ1) is 12.5. The number of hydrogen-bond acceptors (Lipinski definition) is 3. The summed E-state index contributed by atoms with van der Waals surface area (Å²) in [4.78, 5) is 25.7. The largest absolute Gasteiger partial charge is 0.486 e. The van der Waals surface area contributed by atoms with E-state index in [9.17, 15) is 14.0 Å². The quantitative estimate of drug-likeness (QED) is 0.865. The fraction of sp³-hybridized carbons (Fsp3) is 0.300. The van der Waals surface area contributed by atoms with E-state index in [-0.39, 0.29) is 30.5 Å². The number of ether oxygens (including phenoxy) is 1. The van der Waals surface area contributed by atoms with Crippen LogP contribution in [0.25, 0.3) is 0 Å². The summed E-state index contributed by atoms with van der Waals surface area (Å²) >= 11 is 0. The van der Waals surface area contributed by atoms with Gasteiger partial charge >= 0.3 is 0 Å². The van der Waals surface area contributed by atoms with Gasteiger partial charge < -0.3 is 15.0 Å². The molecule has 2 amide bonds. The van der Waals surface area contributed by atoms with Crippen molar-refractivity contribution in [1.29, 1.82) is 0 Å². The van der Waals surface area contributed by atoms with Gasteiger partial charge in [-0.25, -0.2) is 4.39 Å². The lowest BCUT2D eigenvalue weighted by Crippen LogP contribution is -2.56. The Morgan fingerprint density at radius 2 is 1.85 bits per heavy atom. The first kappa shape index (κ1) is 17.9. The van der Waals surface area contributed by atoms with Gasteiger partial charge in [0.15, 0.2) is 0 Å². The van der Waals surface area contributed by atoms with Crippen molar-refractivity contribution in [1.82, 2.24) is 10.2 Å². The van der Waals surface area contributed by atoms with Crippen LogP contribution < -0.4 is 10.1 Å². The zero-order valence-electron chi connectivity index (χ0n) is 14.6. The molecule has 0 saturated carbocycles. The third kappa shape index (κ3) is 4.20. The summed E-state index contributed by atoms with van der Waals surface area (Å²) in [5.41, 5.74) is 1.05. The molecule has 0 spiro atoms. The van der Waals surface area contributed by atoms with E-state index in [1.54, 1.807) is 11.0 Å². The predicted molar refractivity (Wildman–Crippen MR) is 95.5 cm³/mol. The first-order valence-corrected chi connectivity index (χ1v) is 8.57. The van der Waals surface area contributed by atoms with Crippen molar-refractivity contribution in [2.45, 2.75) is 19.4 Å². The van der Waals surface area contributed by atoms with Crippen LogP contribution in [0, 0.1) is 12.7 Å². The van der Waals surface area contributed by atoms with Gasteiger partial charge in [0.05, 0.1) is 18.7 Å². The van der Waals surface area contributed by atoms with Crippen molar-refractivity contribution in [3.8, 4) is 5.75 Å². The number of amides is 2. The highest BCUT2D eigenvalue weighted by atomic mass is 19.1. The zero-order chi connectivity index (χ0) is 18.5. The molecule has 2 aromatic rings. The number of likely N-dealkylation sites (tertiary alicyclic amines) is 1. The molecule has 3 rings (SSSR count). The van der Waals surface area contributed by atoms with Crippen molar-refractivity contribution in [2.75, 3.05) is 19.6 Å². The normalized spacial score (nSPS) is 13.8. The Labute approximate surface area is 151 Å². The minimum atomic E-state index is -0.574. The number of aryl methyl sites for hydroxylation is 1. The SMILES string of the molecule is Cc1ccccc1OC1CN(C(=O)CCNC(=O)c2ccccc2F)C1. The maximum Gasteiger partial charge on any atom is 0.254 e. The Bertz CT molecular complexity index is 803. The van der Waals surface area contributed by atoms with Crippen LogP contribution in [0.5, 0.6) is 5.75 Å². The van der Waals surface area contributed by atoms with Gasteiger partial charge in [0.25, 0.3) is 5.91 Å². The van der Waals surface area contributed by atoms with E-state index in [4.69, 9.17) is 4.74 Å². The average Bonchev–Trinajstić information content (AvgIpc) is 2.59. The number of rotatable bonds is 6. The second-order valence-corrected chi connectivity index (χ2v) is 6.29. The molecule has 1 heterocycles. The molecule has 0 atom stereocenters. The molecule has 2 aromatic carbocycles. The maximum absolute atomic E-state index is 13.5. The summed E-state index contributed by atoms with van der Waals surface area (Å²) in [5.74, 6) is -0.305. The molecule has 0 bridgehead atoms. The Morgan fingerprint density at radius 1 is 1.15 bits per heavy atom. The first-order valence-electron chi connectivity index (χ1n) is 8.57. The summed E-state index contributed by atoms with van der Waals surface area (Å²) in [6.45, 7) is 3.23. The topological polar surface area (TPSA) is 58.6 Å². The number of nitrogens with one attached hydrogen (secondary N) is 1. The third-order valence-corrected chi connectivity index (χ3v) is 4.33. The van der Waals surface area contributed by atoms with Crippen LogP contribution in [0.4, 0.5) is 4.39 Å². The number of para-hydroxylation sites is 1. The second kappa shape index (κ2) is 7.99. The molecular weight excluding hydrogens is 335 g/mol. The number of nitrogens with zero attached hydrogens (tertiary/aromatic N) is 1. The molecular formula is C20H21FN2O3.